The molecule has 2 atom stereocenters. The summed E-state index contributed by atoms with van der Waals surface area (Å²) >= 11 is 0. The van der Waals surface area contributed by atoms with Crippen molar-refractivity contribution in [3.8, 4) is 5.75 Å². The Kier molecular flexibility index (Phi) is 4.36. The minimum absolute atomic E-state index is 0.112. The maximum Gasteiger partial charge on any atom is 0.461 e. The summed E-state index contributed by atoms with van der Waals surface area (Å²) in [7, 11) is -0.112. The van der Waals surface area contributed by atoms with E-state index in [-0.39, 0.29) is 18.3 Å². The first-order valence-corrected chi connectivity index (χ1v) is 9.48. The summed E-state index contributed by atoms with van der Waals surface area (Å²) in [5.41, 5.74) is 1.98. The normalized spacial score (nSPS) is 25.9. The largest absolute Gasteiger partial charge is 0.489 e. The molecule has 0 aromatic heterocycles. The van der Waals surface area contributed by atoms with Crippen LogP contribution in [0.5, 0.6) is 5.75 Å². The first kappa shape index (κ1) is 17.6. The van der Waals surface area contributed by atoms with Gasteiger partial charge in [-0.15, -0.1) is 0 Å². The van der Waals surface area contributed by atoms with Crippen molar-refractivity contribution in [2.24, 2.45) is 0 Å². The lowest BCUT2D eigenvalue weighted by molar-refractivity contribution is 0.00578. The summed E-state index contributed by atoms with van der Waals surface area (Å²) in [6.45, 7) is 9.05. The maximum atomic E-state index is 6.22. The lowest BCUT2D eigenvalue weighted by Crippen LogP contribution is -2.41. The molecule has 4 heteroatoms. The predicted octanol–water partition coefficient (Wildman–Crippen LogP) is 5.22. The Morgan fingerprint density at radius 1 is 0.962 bits per heavy atom. The summed E-state index contributed by atoms with van der Waals surface area (Å²) in [5.74, 6) is 1.84. The maximum absolute atomic E-state index is 6.22. The summed E-state index contributed by atoms with van der Waals surface area (Å²) in [6, 6.07) is 18.7. The molecule has 0 amide bonds. The molecule has 1 saturated carbocycles. The topological polar surface area (TPSA) is 27.7 Å². The van der Waals surface area contributed by atoms with Gasteiger partial charge in [-0.2, -0.15) is 0 Å². The van der Waals surface area contributed by atoms with E-state index < -0.39 is 0 Å². The molecule has 2 aromatic carbocycles. The Morgan fingerprint density at radius 2 is 1.65 bits per heavy atom. The highest BCUT2D eigenvalue weighted by Gasteiger charge is 2.59. The van der Waals surface area contributed by atoms with Crippen LogP contribution in [0.25, 0.3) is 0 Å². The number of rotatable bonds is 5. The summed E-state index contributed by atoms with van der Waals surface area (Å²) in [5, 5.41) is 0. The molecule has 26 heavy (non-hydrogen) atoms. The molecule has 2 aliphatic rings. The van der Waals surface area contributed by atoms with Gasteiger partial charge in [-0.1, -0.05) is 42.5 Å². The molecule has 2 aromatic rings. The number of ether oxygens (including phenoxy) is 1. The lowest BCUT2D eigenvalue weighted by Gasteiger charge is -2.32. The molecular formula is C22H27BO3. The summed E-state index contributed by atoms with van der Waals surface area (Å²) < 4.78 is 18.4. The fourth-order valence-electron chi connectivity index (χ4n) is 3.54. The Labute approximate surface area is 156 Å². The minimum atomic E-state index is -0.258. The van der Waals surface area contributed by atoms with Gasteiger partial charge in [0.1, 0.15) is 12.4 Å². The summed E-state index contributed by atoms with van der Waals surface area (Å²) in [6.07, 6.45) is 1.11. The van der Waals surface area contributed by atoms with Crippen LogP contribution in [-0.2, 0) is 15.9 Å². The van der Waals surface area contributed by atoms with E-state index in [4.69, 9.17) is 14.0 Å². The van der Waals surface area contributed by atoms with Gasteiger partial charge in [-0.3, -0.25) is 0 Å². The highest BCUT2D eigenvalue weighted by Crippen LogP contribution is 2.58. The lowest BCUT2D eigenvalue weighted by atomic mass is 9.79. The molecular weight excluding hydrogens is 323 g/mol. The van der Waals surface area contributed by atoms with Crippen molar-refractivity contribution in [2.45, 2.75) is 63.7 Å². The van der Waals surface area contributed by atoms with Crippen molar-refractivity contribution in [3.05, 3.63) is 65.7 Å². The molecule has 3 nitrogen and oxygen atoms in total. The fraction of sp³-hybridized carbons (Fsp3) is 0.455. The van der Waals surface area contributed by atoms with Crippen LogP contribution in [0.1, 0.15) is 51.2 Å². The average Bonchev–Trinajstić information content (AvgIpc) is 3.37. The Balaban J connectivity index is 1.39. The van der Waals surface area contributed by atoms with Crippen molar-refractivity contribution in [3.63, 3.8) is 0 Å². The van der Waals surface area contributed by atoms with Crippen molar-refractivity contribution >= 4 is 7.12 Å². The van der Waals surface area contributed by atoms with Gasteiger partial charge in [-0.25, -0.2) is 0 Å². The third-order valence-corrected chi connectivity index (χ3v) is 6.00. The SMILES string of the molecule is CC1(C)OB(C2CC2c2cccc(OCc3ccccc3)c2)OC1(C)C. The van der Waals surface area contributed by atoms with Gasteiger partial charge in [0.2, 0.25) is 0 Å². The Morgan fingerprint density at radius 3 is 2.35 bits per heavy atom. The van der Waals surface area contributed by atoms with Gasteiger partial charge in [0.25, 0.3) is 0 Å². The number of hydrogen-bond acceptors (Lipinski definition) is 3. The molecule has 2 fully saturated rings. The van der Waals surface area contributed by atoms with E-state index in [2.05, 4.69) is 58.0 Å². The molecule has 1 heterocycles. The van der Waals surface area contributed by atoms with Crippen LogP contribution in [0.3, 0.4) is 0 Å². The van der Waals surface area contributed by atoms with Crippen LogP contribution in [0.15, 0.2) is 54.6 Å². The first-order chi connectivity index (χ1) is 12.4. The molecule has 0 bridgehead atoms. The second-order valence-corrected chi connectivity index (χ2v) is 8.48. The molecule has 136 valence electrons. The zero-order valence-corrected chi connectivity index (χ0v) is 16.1. The van der Waals surface area contributed by atoms with Crippen LogP contribution in [-0.4, -0.2) is 18.3 Å². The van der Waals surface area contributed by atoms with Crippen molar-refractivity contribution in [1.29, 1.82) is 0 Å². The van der Waals surface area contributed by atoms with E-state index >= 15 is 0 Å². The number of hydrogen-bond donors (Lipinski definition) is 0. The fourth-order valence-corrected chi connectivity index (χ4v) is 3.54. The molecule has 1 saturated heterocycles. The minimum Gasteiger partial charge on any atom is -0.489 e. The van der Waals surface area contributed by atoms with E-state index in [1.807, 2.05) is 24.3 Å². The van der Waals surface area contributed by atoms with Crippen LogP contribution in [0, 0.1) is 0 Å². The van der Waals surface area contributed by atoms with Gasteiger partial charge < -0.3 is 14.0 Å². The van der Waals surface area contributed by atoms with E-state index in [9.17, 15) is 0 Å². The zero-order valence-electron chi connectivity index (χ0n) is 16.1. The highest BCUT2D eigenvalue weighted by molar-refractivity contribution is 6.49. The molecule has 2 unspecified atom stereocenters. The van der Waals surface area contributed by atoms with E-state index in [1.165, 1.54) is 11.1 Å². The summed E-state index contributed by atoms with van der Waals surface area (Å²) in [4.78, 5) is 0. The average molecular weight is 350 g/mol. The van der Waals surface area contributed by atoms with Gasteiger partial charge in [0.05, 0.1) is 11.2 Å². The van der Waals surface area contributed by atoms with Crippen molar-refractivity contribution in [1.82, 2.24) is 0 Å². The molecule has 0 spiro atoms. The van der Waals surface area contributed by atoms with Gasteiger partial charge >= 0.3 is 7.12 Å². The third kappa shape index (κ3) is 3.41. The smallest absolute Gasteiger partial charge is 0.461 e. The van der Waals surface area contributed by atoms with E-state index in [0.29, 0.717) is 18.3 Å². The quantitative estimate of drug-likeness (QED) is 0.693. The number of benzene rings is 2. The second-order valence-electron chi connectivity index (χ2n) is 8.48. The third-order valence-electron chi connectivity index (χ3n) is 6.00. The van der Waals surface area contributed by atoms with Crippen molar-refractivity contribution in [2.75, 3.05) is 0 Å². The first-order valence-electron chi connectivity index (χ1n) is 9.48. The molecule has 1 aliphatic carbocycles. The highest BCUT2D eigenvalue weighted by atomic mass is 16.7. The van der Waals surface area contributed by atoms with Crippen LogP contribution in [0.4, 0.5) is 0 Å². The van der Waals surface area contributed by atoms with Gasteiger partial charge in [0.15, 0.2) is 0 Å². The zero-order chi connectivity index (χ0) is 18.4. The van der Waals surface area contributed by atoms with Crippen molar-refractivity contribution < 1.29 is 14.0 Å². The van der Waals surface area contributed by atoms with Crippen LogP contribution < -0.4 is 4.74 Å². The van der Waals surface area contributed by atoms with Gasteiger partial charge in [0, 0.05) is 5.82 Å². The molecule has 4 rings (SSSR count). The van der Waals surface area contributed by atoms with E-state index in [0.717, 1.165) is 12.2 Å². The Bertz CT molecular complexity index is 756. The van der Waals surface area contributed by atoms with E-state index in [1.54, 1.807) is 0 Å². The monoisotopic (exact) mass is 350 g/mol. The standard InChI is InChI=1S/C22H27BO3/c1-21(2)22(3,4)26-23(25-21)20-14-19(20)17-11-8-12-18(13-17)24-15-16-9-6-5-7-10-16/h5-13,19-20H,14-15H2,1-4H3. The Hall–Kier alpha value is -1.78. The van der Waals surface area contributed by atoms with Crippen LogP contribution >= 0.6 is 0 Å². The molecule has 0 radical (unpaired) electrons. The molecule has 0 N–H and O–H groups in total. The van der Waals surface area contributed by atoms with Gasteiger partial charge in [-0.05, 0) is 63.3 Å². The second kappa shape index (κ2) is 6.43. The van der Waals surface area contributed by atoms with Crippen LogP contribution in [0.2, 0.25) is 5.82 Å². The predicted molar refractivity (Wildman–Crippen MR) is 104 cm³/mol. The molecule has 1 aliphatic heterocycles.